The van der Waals surface area contributed by atoms with Crippen molar-refractivity contribution in [3.8, 4) is 17.5 Å². The molecule has 0 saturated heterocycles. The summed E-state index contributed by atoms with van der Waals surface area (Å²) in [5.41, 5.74) is 0.470. The zero-order chi connectivity index (χ0) is 9.26. The Morgan fingerprint density at radius 1 is 1.38 bits per heavy atom. The fraction of sp³-hybridized carbons (Fsp3) is 0.286. The van der Waals surface area contributed by atoms with Gasteiger partial charge < -0.3 is 13.7 Å². The number of nitrogens with zero attached hydrogens (tertiary/aromatic N) is 3. The first-order chi connectivity index (χ1) is 6.29. The molecule has 13 heavy (non-hydrogen) atoms. The maximum atomic E-state index is 5.13. The molecular formula is C7H7N3O3. The molecule has 6 heteroatoms. The van der Waals surface area contributed by atoms with Gasteiger partial charge in [0.1, 0.15) is 0 Å². The van der Waals surface area contributed by atoms with Crippen LogP contribution in [0.2, 0.25) is 0 Å². The molecule has 0 unspecified atom stereocenters. The van der Waals surface area contributed by atoms with Gasteiger partial charge in [0.25, 0.3) is 5.89 Å². The van der Waals surface area contributed by atoms with E-state index in [2.05, 4.69) is 15.4 Å². The summed E-state index contributed by atoms with van der Waals surface area (Å²) in [6, 6.07) is 1.58. The van der Waals surface area contributed by atoms with Gasteiger partial charge in [-0.2, -0.15) is 0 Å². The molecule has 0 fully saturated rings. The molecule has 0 atom stereocenters. The van der Waals surface area contributed by atoms with Crippen molar-refractivity contribution in [1.29, 1.82) is 0 Å². The smallest absolute Gasteiger partial charge is 0.311 e. The third-order valence-electron chi connectivity index (χ3n) is 1.43. The van der Waals surface area contributed by atoms with Crippen LogP contribution in [0.5, 0.6) is 5.95 Å². The number of hydrogen-bond donors (Lipinski definition) is 0. The van der Waals surface area contributed by atoms with Crippen molar-refractivity contribution < 1.29 is 13.7 Å². The Kier molecular flexibility index (Phi) is 1.73. The molecule has 2 aromatic rings. The predicted octanol–water partition coefficient (Wildman–Crippen LogP) is 1.04. The van der Waals surface area contributed by atoms with Crippen molar-refractivity contribution in [2.45, 2.75) is 6.92 Å². The number of aryl methyl sites for hydroxylation is 1. The minimum atomic E-state index is 0.311. The molecule has 0 aliphatic carbocycles. The molecule has 0 amide bonds. The minimum Gasteiger partial charge on any atom is -0.467 e. The summed E-state index contributed by atoms with van der Waals surface area (Å²) in [5, 5.41) is 11.1. The summed E-state index contributed by atoms with van der Waals surface area (Å²) in [7, 11) is 1.49. The molecule has 2 aromatic heterocycles. The topological polar surface area (TPSA) is 74.2 Å². The summed E-state index contributed by atoms with van der Waals surface area (Å²) in [6.07, 6.45) is 0. The normalized spacial score (nSPS) is 10.3. The first-order valence-corrected chi connectivity index (χ1v) is 3.61. The zero-order valence-corrected chi connectivity index (χ0v) is 7.14. The van der Waals surface area contributed by atoms with Crippen molar-refractivity contribution in [2.75, 3.05) is 7.11 Å². The van der Waals surface area contributed by atoms with Crippen LogP contribution in [0.4, 0.5) is 0 Å². The first-order valence-electron chi connectivity index (χ1n) is 3.61. The molecule has 6 nitrogen and oxygen atoms in total. The van der Waals surface area contributed by atoms with Crippen LogP contribution in [0.15, 0.2) is 15.0 Å². The van der Waals surface area contributed by atoms with Crippen LogP contribution in [0.3, 0.4) is 0 Å². The highest BCUT2D eigenvalue weighted by Gasteiger charge is 2.11. The Bertz CT molecular complexity index is 407. The number of ether oxygens (including phenoxy) is 1. The van der Waals surface area contributed by atoms with Gasteiger partial charge in [-0.25, -0.2) is 0 Å². The fourth-order valence-corrected chi connectivity index (χ4v) is 0.856. The Balaban J connectivity index is 2.35. The number of methoxy groups -OCH3 is 1. The van der Waals surface area contributed by atoms with E-state index in [4.69, 9.17) is 13.7 Å². The average Bonchev–Trinajstić information content (AvgIpc) is 2.71. The predicted molar refractivity (Wildman–Crippen MR) is 41.1 cm³/mol. The Labute approximate surface area is 73.5 Å². The molecule has 68 valence electrons. The van der Waals surface area contributed by atoms with E-state index in [0.717, 1.165) is 0 Å². The molecule has 0 bridgehead atoms. The van der Waals surface area contributed by atoms with Crippen molar-refractivity contribution in [3.63, 3.8) is 0 Å². The van der Waals surface area contributed by atoms with Gasteiger partial charge in [-0.1, -0.05) is 5.16 Å². The first kappa shape index (κ1) is 7.78. The monoisotopic (exact) mass is 181 g/mol. The van der Waals surface area contributed by atoms with Crippen LogP contribution < -0.4 is 4.74 Å². The van der Waals surface area contributed by atoms with Crippen LogP contribution in [-0.2, 0) is 0 Å². The lowest BCUT2D eigenvalue weighted by atomic mass is 10.4. The van der Waals surface area contributed by atoms with E-state index in [1.807, 2.05) is 0 Å². The van der Waals surface area contributed by atoms with Crippen molar-refractivity contribution in [1.82, 2.24) is 15.4 Å². The van der Waals surface area contributed by atoms with Crippen LogP contribution in [0, 0.1) is 6.92 Å². The van der Waals surface area contributed by atoms with E-state index in [-0.39, 0.29) is 0 Å². The highest BCUT2D eigenvalue weighted by atomic mass is 16.6. The SMILES string of the molecule is COc1cc(-c2nnc(C)o2)no1. The summed E-state index contributed by atoms with van der Waals surface area (Å²) in [4.78, 5) is 0. The highest BCUT2D eigenvalue weighted by Crippen LogP contribution is 2.20. The lowest BCUT2D eigenvalue weighted by Crippen LogP contribution is -1.76. The summed E-state index contributed by atoms with van der Waals surface area (Å²) in [6.45, 7) is 1.70. The van der Waals surface area contributed by atoms with Gasteiger partial charge >= 0.3 is 5.95 Å². The second kappa shape index (κ2) is 2.89. The lowest BCUT2D eigenvalue weighted by Gasteiger charge is -1.84. The van der Waals surface area contributed by atoms with Gasteiger partial charge in [-0.05, 0) is 0 Å². The summed E-state index contributed by atoms with van der Waals surface area (Å²) in [5.74, 6) is 1.12. The minimum absolute atomic E-state index is 0.311. The van der Waals surface area contributed by atoms with E-state index >= 15 is 0 Å². The average molecular weight is 181 g/mol. The van der Waals surface area contributed by atoms with Crippen molar-refractivity contribution >= 4 is 0 Å². The van der Waals surface area contributed by atoms with E-state index in [0.29, 0.717) is 23.4 Å². The lowest BCUT2D eigenvalue weighted by molar-refractivity contribution is 0.261. The highest BCUT2D eigenvalue weighted by molar-refractivity contribution is 5.46. The molecule has 0 aliphatic heterocycles. The molecule has 0 N–H and O–H groups in total. The molecule has 0 aromatic carbocycles. The maximum Gasteiger partial charge on any atom is 0.311 e. The standard InChI is InChI=1S/C7H7N3O3/c1-4-8-9-7(12-4)5-3-6(11-2)13-10-5/h3H,1-2H3. The summed E-state index contributed by atoms with van der Waals surface area (Å²) < 4.78 is 14.7. The fourth-order valence-electron chi connectivity index (χ4n) is 0.856. The third kappa shape index (κ3) is 1.37. The van der Waals surface area contributed by atoms with E-state index in [9.17, 15) is 0 Å². The number of rotatable bonds is 2. The second-order valence-corrected chi connectivity index (χ2v) is 2.36. The second-order valence-electron chi connectivity index (χ2n) is 2.36. The van der Waals surface area contributed by atoms with E-state index in [1.54, 1.807) is 13.0 Å². The third-order valence-corrected chi connectivity index (χ3v) is 1.43. The maximum absolute atomic E-state index is 5.13. The molecule has 0 spiro atoms. The Hall–Kier alpha value is -1.85. The van der Waals surface area contributed by atoms with Crippen LogP contribution in [0.1, 0.15) is 5.89 Å². The van der Waals surface area contributed by atoms with Gasteiger partial charge in [0, 0.05) is 6.92 Å². The van der Waals surface area contributed by atoms with Crippen molar-refractivity contribution in [3.05, 3.63) is 12.0 Å². The van der Waals surface area contributed by atoms with Gasteiger partial charge in [-0.15, -0.1) is 10.2 Å². The molecule has 0 aliphatic rings. The summed E-state index contributed by atoms with van der Waals surface area (Å²) >= 11 is 0. The van der Waals surface area contributed by atoms with E-state index in [1.165, 1.54) is 7.11 Å². The molecule has 2 heterocycles. The molecule has 0 saturated carbocycles. The molecule has 0 radical (unpaired) electrons. The molecular weight excluding hydrogens is 174 g/mol. The van der Waals surface area contributed by atoms with Crippen LogP contribution in [0.25, 0.3) is 11.6 Å². The van der Waals surface area contributed by atoms with Gasteiger partial charge in [0.15, 0.2) is 5.69 Å². The quantitative estimate of drug-likeness (QED) is 0.689. The van der Waals surface area contributed by atoms with Crippen LogP contribution >= 0.6 is 0 Å². The number of aromatic nitrogens is 3. The Morgan fingerprint density at radius 2 is 2.23 bits per heavy atom. The van der Waals surface area contributed by atoms with Gasteiger partial charge in [0.05, 0.1) is 13.2 Å². The Morgan fingerprint density at radius 3 is 2.77 bits per heavy atom. The van der Waals surface area contributed by atoms with Crippen LogP contribution in [-0.4, -0.2) is 22.5 Å². The van der Waals surface area contributed by atoms with Crippen molar-refractivity contribution in [2.24, 2.45) is 0 Å². The zero-order valence-electron chi connectivity index (χ0n) is 7.14. The van der Waals surface area contributed by atoms with Gasteiger partial charge in [0.2, 0.25) is 5.89 Å². The van der Waals surface area contributed by atoms with E-state index < -0.39 is 0 Å². The largest absolute Gasteiger partial charge is 0.467 e. The number of hydrogen-bond acceptors (Lipinski definition) is 6. The molecule has 2 rings (SSSR count). The van der Waals surface area contributed by atoms with Gasteiger partial charge in [-0.3, -0.25) is 0 Å².